The summed E-state index contributed by atoms with van der Waals surface area (Å²) < 4.78 is 1.17. The maximum absolute atomic E-state index is 3.50. The fraction of sp³-hybridized carbons (Fsp3) is 0.500. The van der Waals surface area contributed by atoms with Gasteiger partial charge in [-0.2, -0.15) is 0 Å². The lowest BCUT2D eigenvalue weighted by Crippen LogP contribution is -2.47. The highest BCUT2D eigenvalue weighted by Gasteiger charge is 2.18. The minimum atomic E-state index is 0.849. The molecule has 15 heavy (non-hydrogen) atoms. The molecule has 1 aromatic carbocycles. The van der Waals surface area contributed by atoms with Crippen molar-refractivity contribution in [3.63, 3.8) is 0 Å². The van der Waals surface area contributed by atoms with E-state index in [9.17, 15) is 0 Å². The second-order valence-electron chi connectivity index (χ2n) is 4.35. The van der Waals surface area contributed by atoms with Gasteiger partial charge in [0.05, 0.1) is 0 Å². The van der Waals surface area contributed by atoms with E-state index in [0.717, 1.165) is 12.5 Å². The van der Waals surface area contributed by atoms with Crippen LogP contribution in [-0.2, 0) is 6.54 Å². The number of hydrogen-bond donors (Lipinski definition) is 1. The monoisotopic (exact) mass is 268 g/mol. The molecule has 0 amide bonds. The molecular weight excluding hydrogens is 252 g/mol. The van der Waals surface area contributed by atoms with Crippen LogP contribution in [0.2, 0.25) is 0 Å². The molecule has 0 spiro atoms. The van der Waals surface area contributed by atoms with Crippen LogP contribution >= 0.6 is 15.9 Å². The third kappa shape index (κ3) is 3.30. The first kappa shape index (κ1) is 11.1. The highest BCUT2D eigenvalue weighted by Crippen LogP contribution is 2.14. The van der Waals surface area contributed by atoms with E-state index in [2.05, 4.69) is 57.5 Å². The van der Waals surface area contributed by atoms with Crippen LogP contribution in [0.25, 0.3) is 0 Å². The fourth-order valence-electron chi connectivity index (χ4n) is 1.93. The van der Waals surface area contributed by atoms with Crippen LogP contribution in [0.4, 0.5) is 0 Å². The Labute approximate surface area is 99.8 Å². The Bertz CT molecular complexity index is 323. The van der Waals surface area contributed by atoms with E-state index in [1.807, 2.05) is 0 Å². The van der Waals surface area contributed by atoms with Crippen molar-refractivity contribution in [1.82, 2.24) is 10.2 Å². The average molecular weight is 269 g/mol. The van der Waals surface area contributed by atoms with E-state index in [0.29, 0.717) is 0 Å². The molecule has 1 saturated heterocycles. The van der Waals surface area contributed by atoms with E-state index < -0.39 is 0 Å². The molecule has 2 nitrogen and oxygen atoms in total. The van der Waals surface area contributed by atoms with Crippen molar-refractivity contribution < 1.29 is 0 Å². The summed E-state index contributed by atoms with van der Waals surface area (Å²) in [5, 5.41) is 3.31. The maximum atomic E-state index is 3.50. The van der Waals surface area contributed by atoms with Gasteiger partial charge in [0, 0.05) is 30.7 Å². The quantitative estimate of drug-likeness (QED) is 0.900. The Morgan fingerprint density at radius 1 is 1.47 bits per heavy atom. The summed E-state index contributed by atoms with van der Waals surface area (Å²) >= 11 is 3.50. The van der Waals surface area contributed by atoms with Crippen molar-refractivity contribution in [3.8, 4) is 0 Å². The minimum Gasteiger partial charge on any atom is -0.316 e. The van der Waals surface area contributed by atoms with Crippen molar-refractivity contribution in [3.05, 3.63) is 34.3 Å². The molecule has 0 atom stereocenters. The predicted octanol–water partition coefficient (Wildman–Crippen LogP) is 2.10. The minimum absolute atomic E-state index is 0.849. The van der Waals surface area contributed by atoms with Gasteiger partial charge in [0.2, 0.25) is 0 Å². The first-order valence-electron chi connectivity index (χ1n) is 5.38. The van der Waals surface area contributed by atoms with Gasteiger partial charge < -0.3 is 10.2 Å². The average Bonchev–Trinajstić information content (AvgIpc) is 2.11. The van der Waals surface area contributed by atoms with Gasteiger partial charge in [-0.05, 0) is 30.7 Å². The molecule has 0 aliphatic carbocycles. The Kier molecular flexibility index (Phi) is 3.78. The number of nitrogens with one attached hydrogen (secondary N) is 1. The van der Waals surface area contributed by atoms with Gasteiger partial charge in [0.1, 0.15) is 0 Å². The van der Waals surface area contributed by atoms with Gasteiger partial charge in [0.25, 0.3) is 0 Å². The summed E-state index contributed by atoms with van der Waals surface area (Å²) in [5.74, 6) is 0.849. The molecule has 0 radical (unpaired) electrons. The maximum Gasteiger partial charge on any atom is 0.0231 e. The van der Waals surface area contributed by atoms with Gasteiger partial charge in [0.15, 0.2) is 0 Å². The molecule has 82 valence electrons. The smallest absolute Gasteiger partial charge is 0.0231 e. The summed E-state index contributed by atoms with van der Waals surface area (Å²) in [6.45, 7) is 4.60. The van der Waals surface area contributed by atoms with Crippen molar-refractivity contribution >= 4 is 15.9 Å². The Morgan fingerprint density at radius 3 is 2.87 bits per heavy atom. The van der Waals surface area contributed by atoms with Gasteiger partial charge in [-0.1, -0.05) is 28.1 Å². The summed E-state index contributed by atoms with van der Waals surface area (Å²) in [5.41, 5.74) is 1.37. The van der Waals surface area contributed by atoms with Crippen molar-refractivity contribution in [2.24, 2.45) is 5.92 Å². The Balaban J connectivity index is 1.84. The molecule has 1 heterocycles. The van der Waals surface area contributed by atoms with Gasteiger partial charge >= 0.3 is 0 Å². The number of nitrogens with zero attached hydrogens (tertiary/aromatic N) is 1. The van der Waals surface area contributed by atoms with Crippen LogP contribution in [0.1, 0.15) is 5.56 Å². The topological polar surface area (TPSA) is 15.3 Å². The zero-order chi connectivity index (χ0) is 10.7. The zero-order valence-electron chi connectivity index (χ0n) is 9.04. The Hall–Kier alpha value is -0.380. The SMILES string of the molecule is CN(Cc1cccc(Br)c1)CC1CNC1. The van der Waals surface area contributed by atoms with Crippen molar-refractivity contribution in [2.75, 3.05) is 26.7 Å². The van der Waals surface area contributed by atoms with Crippen LogP contribution in [0.3, 0.4) is 0 Å². The normalized spacial score (nSPS) is 16.7. The van der Waals surface area contributed by atoms with Crippen LogP contribution < -0.4 is 5.32 Å². The highest BCUT2D eigenvalue weighted by molar-refractivity contribution is 9.10. The molecule has 0 unspecified atom stereocenters. The molecular formula is C12H17BrN2. The van der Waals surface area contributed by atoms with E-state index in [4.69, 9.17) is 0 Å². The van der Waals surface area contributed by atoms with Gasteiger partial charge in [-0.25, -0.2) is 0 Å². The molecule has 1 aliphatic rings. The lowest BCUT2D eigenvalue weighted by Gasteiger charge is -2.31. The Morgan fingerprint density at radius 2 is 2.27 bits per heavy atom. The second-order valence-corrected chi connectivity index (χ2v) is 5.27. The predicted molar refractivity (Wildman–Crippen MR) is 66.8 cm³/mol. The van der Waals surface area contributed by atoms with Gasteiger partial charge in [-0.15, -0.1) is 0 Å². The summed E-state index contributed by atoms with van der Waals surface area (Å²) in [7, 11) is 2.19. The molecule has 1 fully saturated rings. The number of halogens is 1. The fourth-order valence-corrected chi connectivity index (χ4v) is 2.38. The second kappa shape index (κ2) is 5.10. The van der Waals surface area contributed by atoms with E-state index in [1.54, 1.807) is 0 Å². The largest absolute Gasteiger partial charge is 0.316 e. The van der Waals surface area contributed by atoms with E-state index in [-0.39, 0.29) is 0 Å². The number of hydrogen-bond acceptors (Lipinski definition) is 2. The summed E-state index contributed by atoms with van der Waals surface area (Å²) in [4.78, 5) is 2.40. The molecule has 1 N–H and O–H groups in total. The van der Waals surface area contributed by atoms with E-state index in [1.165, 1.54) is 29.7 Å². The lowest BCUT2D eigenvalue weighted by atomic mass is 10.0. The highest BCUT2D eigenvalue weighted by atomic mass is 79.9. The van der Waals surface area contributed by atoms with Gasteiger partial charge in [-0.3, -0.25) is 0 Å². The van der Waals surface area contributed by atoms with Crippen LogP contribution in [-0.4, -0.2) is 31.6 Å². The molecule has 0 saturated carbocycles. The third-order valence-electron chi connectivity index (χ3n) is 2.78. The third-order valence-corrected chi connectivity index (χ3v) is 3.27. The molecule has 1 aromatic rings. The summed E-state index contributed by atoms with van der Waals surface area (Å²) in [6, 6.07) is 8.54. The number of benzene rings is 1. The first-order valence-corrected chi connectivity index (χ1v) is 6.17. The molecule has 3 heteroatoms. The molecule has 0 aromatic heterocycles. The molecule has 2 rings (SSSR count). The first-order chi connectivity index (χ1) is 7.24. The zero-order valence-corrected chi connectivity index (χ0v) is 10.6. The number of rotatable bonds is 4. The van der Waals surface area contributed by atoms with Crippen molar-refractivity contribution in [2.45, 2.75) is 6.54 Å². The van der Waals surface area contributed by atoms with Crippen LogP contribution in [0, 0.1) is 5.92 Å². The van der Waals surface area contributed by atoms with Crippen LogP contribution in [0.15, 0.2) is 28.7 Å². The summed E-state index contributed by atoms with van der Waals surface area (Å²) in [6.07, 6.45) is 0. The molecule has 1 aliphatic heterocycles. The van der Waals surface area contributed by atoms with Crippen molar-refractivity contribution in [1.29, 1.82) is 0 Å². The molecule has 0 bridgehead atoms. The van der Waals surface area contributed by atoms with E-state index >= 15 is 0 Å². The standard InChI is InChI=1S/C12H17BrN2/c1-15(9-11-6-14-7-11)8-10-3-2-4-12(13)5-10/h2-5,11,14H,6-9H2,1H3. The lowest BCUT2D eigenvalue weighted by molar-refractivity contribution is 0.218. The van der Waals surface area contributed by atoms with Crippen LogP contribution in [0.5, 0.6) is 0 Å².